The van der Waals surface area contributed by atoms with E-state index in [1.54, 1.807) is 0 Å². The van der Waals surface area contributed by atoms with Crippen molar-refractivity contribution in [1.29, 1.82) is 0 Å². The van der Waals surface area contributed by atoms with Gasteiger partial charge in [-0.2, -0.15) is 0 Å². The van der Waals surface area contributed by atoms with Gasteiger partial charge < -0.3 is 0 Å². The zero-order chi connectivity index (χ0) is 8.55. The van der Waals surface area contributed by atoms with E-state index in [4.69, 9.17) is 5.84 Å². The highest BCUT2D eigenvalue weighted by Crippen LogP contribution is 2.35. The van der Waals surface area contributed by atoms with Crippen LogP contribution in [0.1, 0.15) is 39.0 Å². The predicted molar refractivity (Wildman–Crippen MR) is 50.4 cm³/mol. The molecule has 3 aliphatic rings. The van der Waals surface area contributed by atoms with Gasteiger partial charge >= 0.3 is 0 Å². The Balaban J connectivity index is 2.04. The third-order valence-electron chi connectivity index (χ3n) is 3.86. The van der Waals surface area contributed by atoms with Crippen molar-refractivity contribution < 1.29 is 0 Å². The number of hydrogen-bond acceptors (Lipinski definition) is 2. The van der Waals surface area contributed by atoms with Gasteiger partial charge in [0.25, 0.3) is 0 Å². The summed E-state index contributed by atoms with van der Waals surface area (Å²) in [6, 6.07) is 0.703. The molecule has 2 aliphatic heterocycles. The van der Waals surface area contributed by atoms with Gasteiger partial charge in [-0.05, 0) is 43.9 Å². The van der Waals surface area contributed by atoms with Crippen LogP contribution >= 0.6 is 0 Å². The molecule has 1 aliphatic carbocycles. The summed E-state index contributed by atoms with van der Waals surface area (Å²) in [6.45, 7) is 3.51. The lowest BCUT2D eigenvalue weighted by Gasteiger charge is -2.40. The molecule has 0 amide bonds. The Kier molecular flexibility index (Phi) is 2.37. The van der Waals surface area contributed by atoms with Crippen LogP contribution in [0.15, 0.2) is 0 Å². The van der Waals surface area contributed by atoms with Gasteiger partial charge in [0.1, 0.15) is 0 Å². The molecule has 0 aromatic rings. The molecule has 3 rings (SSSR count). The van der Waals surface area contributed by atoms with E-state index in [0.717, 1.165) is 18.4 Å². The predicted octanol–water partition coefficient (Wildman–Crippen LogP) is 1.76. The summed E-state index contributed by atoms with van der Waals surface area (Å²) in [5.74, 6) is 7.89. The summed E-state index contributed by atoms with van der Waals surface area (Å²) >= 11 is 0. The molecule has 2 nitrogen and oxygen atoms in total. The molecule has 3 fully saturated rings. The normalized spacial score (nSPS) is 44.0. The van der Waals surface area contributed by atoms with E-state index < -0.39 is 0 Å². The van der Waals surface area contributed by atoms with Crippen LogP contribution in [-0.2, 0) is 0 Å². The Bertz CT molecular complexity index is 132. The molecule has 0 aromatic heterocycles. The van der Waals surface area contributed by atoms with E-state index in [9.17, 15) is 0 Å². The second-order valence-corrected chi connectivity index (χ2v) is 4.57. The van der Waals surface area contributed by atoms with Gasteiger partial charge in [-0.3, -0.25) is 5.84 Å². The maximum atomic E-state index is 5.98. The van der Waals surface area contributed by atoms with Crippen LogP contribution in [0.2, 0.25) is 0 Å². The van der Waals surface area contributed by atoms with Gasteiger partial charge in [0, 0.05) is 12.6 Å². The minimum atomic E-state index is 0.703. The van der Waals surface area contributed by atoms with Crippen LogP contribution in [0.25, 0.3) is 0 Å². The van der Waals surface area contributed by atoms with Crippen LogP contribution in [0, 0.1) is 11.8 Å². The summed E-state index contributed by atoms with van der Waals surface area (Å²) < 4.78 is 0. The van der Waals surface area contributed by atoms with Gasteiger partial charge in [-0.15, -0.1) is 0 Å². The Hall–Kier alpha value is -0.0800. The number of nitrogens with zero attached hydrogens (tertiary/aromatic N) is 1. The number of nitrogens with two attached hydrogens (primary N) is 1. The minimum Gasteiger partial charge on any atom is -0.269 e. The number of hydrogen-bond donors (Lipinski definition) is 1. The fourth-order valence-electron chi connectivity index (χ4n) is 2.77. The van der Waals surface area contributed by atoms with Crippen LogP contribution in [0.4, 0.5) is 0 Å². The summed E-state index contributed by atoms with van der Waals surface area (Å²) in [5, 5.41) is 2.09. The first-order valence-electron chi connectivity index (χ1n) is 5.28. The highest BCUT2D eigenvalue weighted by atomic mass is 15.4. The fraction of sp³-hybridized carbons (Fsp3) is 1.00. The first-order chi connectivity index (χ1) is 5.77. The molecule has 1 saturated carbocycles. The Labute approximate surface area is 75.1 Å². The lowest BCUT2D eigenvalue weighted by atomic mass is 9.76. The number of fused-ring (bicyclic) bond motifs is 5. The summed E-state index contributed by atoms with van der Waals surface area (Å²) in [6.07, 6.45) is 6.81. The second kappa shape index (κ2) is 3.35. The molecule has 2 saturated heterocycles. The zero-order valence-electron chi connectivity index (χ0n) is 8.00. The van der Waals surface area contributed by atoms with E-state index in [0.29, 0.717) is 6.04 Å². The summed E-state index contributed by atoms with van der Waals surface area (Å²) in [5.41, 5.74) is 0. The van der Waals surface area contributed by atoms with Crippen LogP contribution in [0.3, 0.4) is 0 Å². The smallest absolute Gasteiger partial charge is 0.0241 e. The van der Waals surface area contributed by atoms with Crippen molar-refractivity contribution in [3.05, 3.63) is 0 Å². The topological polar surface area (TPSA) is 29.3 Å². The van der Waals surface area contributed by atoms with Gasteiger partial charge in [-0.25, -0.2) is 5.01 Å². The van der Waals surface area contributed by atoms with E-state index in [1.165, 1.54) is 32.1 Å². The average Bonchev–Trinajstić information content (AvgIpc) is 2.12. The van der Waals surface area contributed by atoms with Crippen molar-refractivity contribution in [2.24, 2.45) is 17.7 Å². The number of rotatable bonds is 0. The van der Waals surface area contributed by atoms with Crippen molar-refractivity contribution in [2.75, 3.05) is 6.54 Å². The molecule has 0 aromatic carbocycles. The molecular weight excluding hydrogens is 148 g/mol. The second-order valence-electron chi connectivity index (χ2n) is 4.57. The standard InChI is InChI=1S/C10H20N2/c1-8-6-7-12(11)10-4-2-9(8)3-5-10/h8-10H,2-7,11H2,1H3. The Morgan fingerprint density at radius 3 is 2.42 bits per heavy atom. The molecule has 2 heterocycles. The molecule has 2 heteroatoms. The fourth-order valence-corrected chi connectivity index (χ4v) is 2.77. The summed E-state index contributed by atoms with van der Waals surface area (Å²) in [7, 11) is 0. The van der Waals surface area contributed by atoms with Gasteiger partial charge in [0.2, 0.25) is 0 Å². The van der Waals surface area contributed by atoms with Crippen molar-refractivity contribution in [1.82, 2.24) is 5.01 Å². The average molecular weight is 168 g/mol. The molecule has 0 spiro atoms. The van der Waals surface area contributed by atoms with Crippen molar-refractivity contribution >= 4 is 0 Å². The quantitative estimate of drug-likeness (QED) is 0.558. The van der Waals surface area contributed by atoms with Gasteiger partial charge in [0.15, 0.2) is 0 Å². The van der Waals surface area contributed by atoms with Gasteiger partial charge in [0.05, 0.1) is 0 Å². The molecule has 1 unspecified atom stereocenters. The first kappa shape index (κ1) is 8.52. The lowest BCUT2D eigenvalue weighted by Crippen LogP contribution is -2.46. The highest BCUT2D eigenvalue weighted by molar-refractivity contribution is 4.83. The molecule has 12 heavy (non-hydrogen) atoms. The van der Waals surface area contributed by atoms with Crippen molar-refractivity contribution in [3.8, 4) is 0 Å². The largest absolute Gasteiger partial charge is 0.269 e. The SMILES string of the molecule is CC1CCN(N)C2CCC1CC2. The molecule has 2 bridgehead atoms. The van der Waals surface area contributed by atoms with E-state index >= 15 is 0 Å². The van der Waals surface area contributed by atoms with E-state index in [-0.39, 0.29) is 0 Å². The zero-order valence-corrected chi connectivity index (χ0v) is 8.00. The van der Waals surface area contributed by atoms with Crippen molar-refractivity contribution in [2.45, 2.75) is 45.1 Å². The van der Waals surface area contributed by atoms with Crippen LogP contribution in [0.5, 0.6) is 0 Å². The minimum absolute atomic E-state index is 0.703. The van der Waals surface area contributed by atoms with Crippen LogP contribution in [-0.4, -0.2) is 17.6 Å². The first-order valence-corrected chi connectivity index (χ1v) is 5.28. The maximum Gasteiger partial charge on any atom is 0.0241 e. The molecule has 2 N–H and O–H groups in total. The number of hydrazine groups is 1. The maximum absolute atomic E-state index is 5.98. The molecular formula is C10H20N2. The van der Waals surface area contributed by atoms with E-state index in [1.807, 2.05) is 0 Å². The Morgan fingerprint density at radius 1 is 1.08 bits per heavy atom. The third kappa shape index (κ3) is 1.50. The molecule has 70 valence electrons. The third-order valence-corrected chi connectivity index (χ3v) is 3.86. The summed E-state index contributed by atoms with van der Waals surface area (Å²) in [4.78, 5) is 0. The Morgan fingerprint density at radius 2 is 1.75 bits per heavy atom. The molecule has 1 atom stereocenters. The van der Waals surface area contributed by atoms with E-state index in [2.05, 4.69) is 11.9 Å². The van der Waals surface area contributed by atoms with Gasteiger partial charge in [-0.1, -0.05) is 6.92 Å². The lowest BCUT2D eigenvalue weighted by molar-refractivity contribution is 0.0778. The van der Waals surface area contributed by atoms with Crippen LogP contribution < -0.4 is 5.84 Å². The monoisotopic (exact) mass is 168 g/mol. The highest BCUT2D eigenvalue weighted by Gasteiger charge is 2.30. The van der Waals surface area contributed by atoms with Crippen molar-refractivity contribution in [3.63, 3.8) is 0 Å². The molecule has 0 radical (unpaired) electrons.